The van der Waals surface area contributed by atoms with Crippen LogP contribution in [0.5, 0.6) is 0 Å². The monoisotopic (exact) mass is 312 g/mol. The maximum atomic E-state index is 11.5. The molecule has 0 radical (unpaired) electrons. The van der Waals surface area contributed by atoms with E-state index in [2.05, 4.69) is 55.5 Å². The average Bonchev–Trinajstić information content (AvgIpc) is 2.60. The highest BCUT2D eigenvalue weighted by atomic mass is 28.2. The van der Waals surface area contributed by atoms with Crippen molar-refractivity contribution >= 4 is 16.5 Å². The molecule has 0 atom stereocenters. The van der Waals surface area contributed by atoms with E-state index in [0.29, 0.717) is 16.9 Å². The summed E-state index contributed by atoms with van der Waals surface area (Å²) in [6.45, 7) is 2.23. The predicted molar refractivity (Wildman–Crippen MR) is 93.8 cm³/mol. The van der Waals surface area contributed by atoms with Gasteiger partial charge in [0, 0.05) is 11.8 Å². The van der Waals surface area contributed by atoms with Gasteiger partial charge in [0.05, 0.1) is 0 Å². The predicted octanol–water partition coefficient (Wildman–Crippen LogP) is 3.38. The summed E-state index contributed by atoms with van der Waals surface area (Å²) >= 11 is 0. The zero-order chi connectivity index (χ0) is 15.8. The van der Waals surface area contributed by atoms with Crippen molar-refractivity contribution in [1.82, 2.24) is 0 Å². The Kier molecular flexibility index (Phi) is 5.96. The summed E-state index contributed by atoms with van der Waals surface area (Å²) in [5.41, 5.74) is 2.61. The van der Waals surface area contributed by atoms with E-state index < -0.39 is 0 Å². The van der Waals surface area contributed by atoms with Gasteiger partial charge in [-0.15, -0.1) is 0 Å². The molecule has 0 spiro atoms. The van der Waals surface area contributed by atoms with Crippen LogP contribution >= 0.6 is 0 Å². The van der Waals surface area contributed by atoms with Crippen LogP contribution < -0.4 is 0 Å². The van der Waals surface area contributed by atoms with Crippen LogP contribution in [0, 0.1) is 0 Å². The Morgan fingerprint density at radius 3 is 1.91 bits per heavy atom. The van der Waals surface area contributed by atoms with Gasteiger partial charge in [-0.25, -0.2) is 0 Å². The number of carbonyl (C=O) groups is 1. The number of hydrogen-bond acceptors (Lipinski definition) is 2. The van der Waals surface area contributed by atoms with E-state index in [9.17, 15) is 4.79 Å². The van der Waals surface area contributed by atoms with Crippen molar-refractivity contribution in [2.75, 3.05) is 0 Å². The van der Waals surface area contributed by atoms with Crippen LogP contribution in [-0.4, -0.2) is 16.5 Å². The van der Waals surface area contributed by atoms with Crippen molar-refractivity contribution in [3.63, 3.8) is 0 Å². The van der Waals surface area contributed by atoms with Gasteiger partial charge < -0.3 is 4.43 Å². The van der Waals surface area contributed by atoms with Gasteiger partial charge in [-0.05, 0) is 30.4 Å². The Labute approximate surface area is 136 Å². The largest absolute Gasteiger partial charge is 0.529 e. The quantitative estimate of drug-likeness (QED) is 0.733. The van der Waals surface area contributed by atoms with Gasteiger partial charge in [0.15, 0.2) is 0 Å². The molecule has 0 unspecified atom stereocenters. The molecule has 0 heterocycles. The number of benzene rings is 2. The second-order valence-corrected chi connectivity index (χ2v) is 6.01. The number of carbonyl (C=O) groups excluding carboxylic acids is 1. The maximum Gasteiger partial charge on any atom is 0.291 e. The lowest BCUT2D eigenvalue weighted by atomic mass is 9.69. The first-order valence-electron chi connectivity index (χ1n) is 7.91. The van der Waals surface area contributed by atoms with Gasteiger partial charge >= 0.3 is 0 Å². The van der Waals surface area contributed by atoms with Gasteiger partial charge in [0.1, 0.15) is 0 Å². The minimum absolute atomic E-state index is 0.0338. The van der Waals surface area contributed by atoms with E-state index in [0.717, 1.165) is 19.3 Å². The molecule has 0 amide bonds. The maximum absolute atomic E-state index is 11.5. The fourth-order valence-corrected chi connectivity index (χ4v) is 3.40. The third-order valence-corrected chi connectivity index (χ3v) is 4.92. The lowest BCUT2D eigenvalue weighted by Crippen LogP contribution is -2.27. The summed E-state index contributed by atoms with van der Waals surface area (Å²) in [5.74, 6) is -0.0715. The smallest absolute Gasteiger partial charge is 0.291 e. The van der Waals surface area contributed by atoms with Crippen LogP contribution in [0.25, 0.3) is 0 Å². The van der Waals surface area contributed by atoms with E-state index >= 15 is 0 Å². The first-order valence-corrected chi connectivity index (χ1v) is 8.72. The normalized spacial score (nSPS) is 11.3. The van der Waals surface area contributed by atoms with E-state index in [1.54, 1.807) is 0 Å². The minimum Gasteiger partial charge on any atom is -0.529 e. The minimum atomic E-state index is -0.0715. The molecule has 2 nitrogen and oxygen atoms in total. The van der Waals surface area contributed by atoms with Crippen LogP contribution in [0.15, 0.2) is 60.7 Å². The molecule has 2 rings (SSSR count). The standard InChI is InChI=1S/C19H24O2Si/c1-2-19(15-9-14-18(20)21-22,16-10-5-3-6-11-16)17-12-7-4-8-13-17/h3-8,10-13H,2,9,14-15H2,1,22H3. The second kappa shape index (κ2) is 7.94. The van der Waals surface area contributed by atoms with Crippen LogP contribution in [0.3, 0.4) is 0 Å². The summed E-state index contributed by atoms with van der Waals surface area (Å²) in [4.78, 5) is 11.5. The molecule has 116 valence electrons. The van der Waals surface area contributed by atoms with E-state index in [4.69, 9.17) is 4.43 Å². The SMILES string of the molecule is CCC(CCCC(=O)O[SiH3])(c1ccccc1)c1ccccc1. The molecule has 2 aromatic carbocycles. The van der Waals surface area contributed by atoms with Crippen molar-refractivity contribution in [1.29, 1.82) is 0 Å². The summed E-state index contributed by atoms with van der Waals surface area (Å²) < 4.78 is 4.91. The molecule has 0 fully saturated rings. The molecule has 0 saturated carbocycles. The Morgan fingerprint density at radius 2 is 1.50 bits per heavy atom. The van der Waals surface area contributed by atoms with Crippen molar-refractivity contribution in [3.05, 3.63) is 71.8 Å². The Balaban J connectivity index is 2.33. The number of hydrogen-bond donors (Lipinski definition) is 0. The molecule has 0 aliphatic carbocycles. The zero-order valence-electron chi connectivity index (χ0n) is 13.4. The Bertz CT molecular complexity index is 541. The van der Waals surface area contributed by atoms with E-state index in [-0.39, 0.29) is 11.4 Å². The third kappa shape index (κ3) is 3.66. The van der Waals surface area contributed by atoms with Crippen molar-refractivity contribution < 1.29 is 9.22 Å². The summed E-state index contributed by atoms with van der Waals surface area (Å²) in [5, 5.41) is 0. The van der Waals surface area contributed by atoms with Crippen molar-refractivity contribution in [2.24, 2.45) is 0 Å². The number of rotatable bonds is 7. The van der Waals surface area contributed by atoms with Crippen LogP contribution in [0.2, 0.25) is 0 Å². The molecular formula is C19H24O2Si. The van der Waals surface area contributed by atoms with E-state index in [1.807, 2.05) is 12.1 Å². The molecule has 2 aromatic rings. The fraction of sp³-hybridized carbons (Fsp3) is 0.316. The molecule has 0 aromatic heterocycles. The summed E-state index contributed by atoms with van der Waals surface area (Å²) in [6.07, 6.45) is 3.31. The van der Waals surface area contributed by atoms with Crippen molar-refractivity contribution in [3.8, 4) is 0 Å². The lowest BCUT2D eigenvalue weighted by Gasteiger charge is -2.34. The first kappa shape index (κ1) is 16.5. The summed E-state index contributed by atoms with van der Waals surface area (Å²) in [7, 11) is 0.482. The highest BCUT2D eigenvalue weighted by Crippen LogP contribution is 2.40. The first-order chi connectivity index (χ1) is 10.7. The Hall–Kier alpha value is -1.87. The summed E-state index contributed by atoms with van der Waals surface area (Å²) in [6, 6.07) is 21.3. The van der Waals surface area contributed by atoms with Gasteiger partial charge in [0.25, 0.3) is 5.97 Å². The molecule has 3 heteroatoms. The average molecular weight is 312 g/mol. The van der Waals surface area contributed by atoms with Gasteiger partial charge in [-0.3, -0.25) is 4.79 Å². The van der Waals surface area contributed by atoms with Crippen LogP contribution in [-0.2, 0) is 14.6 Å². The zero-order valence-corrected chi connectivity index (χ0v) is 15.4. The van der Waals surface area contributed by atoms with Crippen LogP contribution in [0.1, 0.15) is 43.7 Å². The van der Waals surface area contributed by atoms with Gasteiger partial charge in [0.2, 0.25) is 10.5 Å². The Morgan fingerprint density at radius 1 is 1.00 bits per heavy atom. The molecule has 0 aliphatic heterocycles. The highest BCUT2D eigenvalue weighted by Gasteiger charge is 2.31. The third-order valence-electron chi connectivity index (χ3n) is 4.47. The molecule has 22 heavy (non-hydrogen) atoms. The fourth-order valence-electron chi connectivity index (χ4n) is 3.19. The van der Waals surface area contributed by atoms with Crippen molar-refractivity contribution in [2.45, 2.75) is 38.0 Å². The van der Waals surface area contributed by atoms with Gasteiger partial charge in [-0.2, -0.15) is 0 Å². The second-order valence-electron chi connectivity index (χ2n) is 5.60. The topological polar surface area (TPSA) is 26.3 Å². The molecule has 0 N–H and O–H groups in total. The van der Waals surface area contributed by atoms with Crippen LogP contribution in [0.4, 0.5) is 0 Å². The molecule has 0 aliphatic rings. The lowest BCUT2D eigenvalue weighted by molar-refractivity contribution is -0.134. The van der Waals surface area contributed by atoms with E-state index in [1.165, 1.54) is 11.1 Å². The molecule has 0 bridgehead atoms. The van der Waals surface area contributed by atoms with Gasteiger partial charge in [-0.1, -0.05) is 67.6 Å². The molecule has 0 saturated heterocycles. The molecular weight excluding hydrogens is 288 g/mol. The highest BCUT2D eigenvalue weighted by molar-refractivity contribution is 6.05.